The first-order valence-electron chi connectivity index (χ1n) is 10.0. The predicted octanol–water partition coefficient (Wildman–Crippen LogP) is 2.11. The van der Waals surface area contributed by atoms with E-state index in [1.165, 1.54) is 22.5 Å². The summed E-state index contributed by atoms with van der Waals surface area (Å²) in [6.45, 7) is 0.362. The van der Waals surface area contributed by atoms with Crippen molar-refractivity contribution in [3.63, 3.8) is 0 Å². The molecule has 0 bridgehead atoms. The van der Waals surface area contributed by atoms with Gasteiger partial charge in [0.1, 0.15) is 0 Å². The number of carbonyl (C=O) groups excluding carboxylic acids is 2. The van der Waals surface area contributed by atoms with Gasteiger partial charge in [0.05, 0.1) is 10.5 Å². The highest BCUT2D eigenvalue weighted by Gasteiger charge is 2.27. The first-order valence-corrected chi connectivity index (χ1v) is 11.5. The fourth-order valence-corrected chi connectivity index (χ4v) is 5.15. The minimum Gasteiger partial charge on any atom is -0.452 e. The van der Waals surface area contributed by atoms with E-state index in [9.17, 15) is 22.8 Å². The zero-order chi connectivity index (χ0) is 22.7. The Morgan fingerprint density at radius 2 is 1.78 bits per heavy atom. The number of nitrogens with zero attached hydrogens (tertiary/aromatic N) is 1. The Bertz CT molecular complexity index is 1340. The number of rotatable bonds is 6. The number of nitrogens with one attached hydrogen (secondary N) is 2. The molecule has 0 atom stereocenters. The number of aromatic amines is 1. The summed E-state index contributed by atoms with van der Waals surface area (Å²) in [6.07, 6.45) is 1.65. The van der Waals surface area contributed by atoms with Gasteiger partial charge in [-0.05, 0) is 37.1 Å². The van der Waals surface area contributed by atoms with Crippen LogP contribution in [0, 0.1) is 0 Å². The van der Waals surface area contributed by atoms with Crippen molar-refractivity contribution in [1.29, 1.82) is 0 Å². The fraction of sp³-hybridized carbons (Fsp3) is 0.227. The SMILES string of the molecule is O=C(COC(=O)c1cc(=O)[nH]c2ccccc12)Nc1cccc(S(=O)(=O)N2CCCC2)c1. The number of anilines is 1. The minimum absolute atomic E-state index is 0.0517. The summed E-state index contributed by atoms with van der Waals surface area (Å²) in [4.78, 5) is 39.3. The van der Waals surface area contributed by atoms with Crippen molar-refractivity contribution < 1.29 is 22.7 Å². The van der Waals surface area contributed by atoms with Gasteiger partial charge in [0, 0.05) is 35.7 Å². The number of hydrogen-bond donors (Lipinski definition) is 2. The maximum Gasteiger partial charge on any atom is 0.339 e. The summed E-state index contributed by atoms with van der Waals surface area (Å²) in [7, 11) is -3.62. The number of amides is 1. The van der Waals surface area contributed by atoms with Gasteiger partial charge in [-0.25, -0.2) is 13.2 Å². The lowest BCUT2D eigenvalue weighted by atomic mass is 10.1. The van der Waals surface area contributed by atoms with Crippen molar-refractivity contribution in [2.24, 2.45) is 0 Å². The summed E-state index contributed by atoms with van der Waals surface area (Å²) < 4.78 is 31.9. The van der Waals surface area contributed by atoms with Crippen LogP contribution in [0.3, 0.4) is 0 Å². The van der Waals surface area contributed by atoms with Crippen LogP contribution in [0.15, 0.2) is 64.3 Å². The third kappa shape index (κ3) is 4.56. The van der Waals surface area contributed by atoms with Crippen LogP contribution in [-0.4, -0.2) is 49.3 Å². The summed E-state index contributed by atoms with van der Waals surface area (Å²) in [5.41, 5.74) is 0.340. The van der Waals surface area contributed by atoms with Crippen LogP contribution in [0.4, 0.5) is 5.69 Å². The molecule has 4 rings (SSSR count). The Morgan fingerprint density at radius 3 is 2.56 bits per heavy atom. The number of benzene rings is 2. The van der Waals surface area contributed by atoms with Crippen LogP contribution in [0.1, 0.15) is 23.2 Å². The molecule has 3 aromatic rings. The summed E-state index contributed by atoms with van der Waals surface area (Å²) in [6, 6.07) is 13.8. The van der Waals surface area contributed by atoms with Gasteiger partial charge >= 0.3 is 5.97 Å². The van der Waals surface area contributed by atoms with E-state index in [2.05, 4.69) is 10.3 Å². The van der Waals surface area contributed by atoms with E-state index >= 15 is 0 Å². The second kappa shape index (κ2) is 8.93. The molecule has 32 heavy (non-hydrogen) atoms. The van der Waals surface area contributed by atoms with Gasteiger partial charge in [-0.2, -0.15) is 4.31 Å². The van der Waals surface area contributed by atoms with Crippen LogP contribution in [0.2, 0.25) is 0 Å². The van der Waals surface area contributed by atoms with Crippen molar-refractivity contribution in [2.45, 2.75) is 17.7 Å². The van der Waals surface area contributed by atoms with Gasteiger partial charge < -0.3 is 15.0 Å². The number of pyridine rings is 1. The Morgan fingerprint density at radius 1 is 1.03 bits per heavy atom. The molecular weight excluding hydrogens is 434 g/mol. The topological polar surface area (TPSA) is 126 Å². The standard InChI is InChI=1S/C22H21N3O6S/c26-20-13-18(17-8-1-2-9-19(17)24-20)22(28)31-14-21(27)23-15-6-5-7-16(12-15)32(29,30)25-10-3-4-11-25/h1-2,5-9,12-13H,3-4,10-11,14H2,(H,23,27)(H,24,26). The first-order chi connectivity index (χ1) is 15.3. The fourth-order valence-electron chi connectivity index (χ4n) is 3.59. The molecule has 0 radical (unpaired) electrons. The highest BCUT2D eigenvalue weighted by atomic mass is 32.2. The van der Waals surface area contributed by atoms with Crippen molar-refractivity contribution >= 4 is 38.5 Å². The second-order valence-corrected chi connectivity index (χ2v) is 9.29. The van der Waals surface area contributed by atoms with Gasteiger partial charge in [-0.1, -0.05) is 24.3 Å². The van der Waals surface area contributed by atoms with E-state index in [1.54, 1.807) is 30.3 Å². The van der Waals surface area contributed by atoms with Gasteiger partial charge in [0.2, 0.25) is 15.6 Å². The van der Waals surface area contributed by atoms with E-state index < -0.39 is 34.1 Å². The number of esters is 1. The molecule has 1 aliphatic heterocycles. The van der Waals surface area contributed by atoms with Crippen molar-refractivity contribution in [2.75, 3.05) is 25.0 Å². The summed E-state index contributed by atoms with van der Waals surface area (Å²) in [5.74, 6) is -1.45. The van der Waals surface area contributed by atoms with Crippen LogP contribution in [0.5, 0.6) is 0 Å². The third-order valence-electron chi connectivity index (χ3n) is 5.13. The zero-order valence-corrected chi connectivity index (χ0v) is 17.9. The molecule has 2 N–H and O–H groups in total. The number of ether oxygens (including phenoxy) is 1. The van der Waals surface area contributed by atoms with Crippen molar-refractivity contribution in [3.05, 3.63) is 70.5 Å². The molecule has 0 aliphatic carbocycles. The Balaban J connectivity index is 1.43. The summed E-state index contributed by atoms with van der Waals surface area (Å²) in [5, 5.41) is 3.03. The second-order valence-electron chi connectivity index (χ2n) is 7.36. The van der Waals surface area contributed by atoms with E-state index in [1.807, 2.05) is 0 Å². The molecule has 1 fully saturated rings. The number of carbonyl (C=O) groups is 2. The molecule has 0 saturated carbocycles. The molecule has 9 nitrogen and oxygen atoms in total. The zero-order valence-electron chi connectivity index (χ0n) is 17.0. The minimum atomic E-state index is -3.62. The van der Waals surface area contributed by atoms with E-state index in [4.69, 9.17) is 4.74 Å². The van der Waals surface area contributed by atoms with Crippen molar-refractivity contribution in [3.8, 4) is 0 Å². The monoisotopic (exact) mass is 455 g/mol. The molecule has 0 spiro atoms. The molecule has 1 aliphatic rings. The average Bonchev–Trinajstić information content (AvgIpc) is 3.33. The normalized spacial score (nSPS) is 14.4. The number of hydrogen-bond acceptors (Lipinski definition) is 6. The molecule has 10 heteroatoms. The maximum atomic E-state index is 12.7. The molecular formula is C22H21N3O6S. The van der Waals surface area contributed by atoms with Crippen LogP contribution in [-0.2, 0) is 19.6 Å². The third-order valence-corrected chi connectivity index (χ3v) is 7.02. The Labute approximate surface area is 184 Å². The first kappa shape index (κ1) is 21.7. The molecule has 1 amide bonds. The summed E-state index contributed by atoms with van der Waals surface area (Å²) >= 11 is 0. The number of para-hydroxylation sites is 1. The predicted molar refractivity (Wildman–Crippen MR) is 118 cm³/mol. The van der Waals surface area contributed by atoms with E-state index in [0.717, 1.165) is 18.9 Å². The van der Waals surface area contributed by atoms with Crippen LogP contribution < -0.4 is 10.9 Å². The van der Waals surface area contributed by atoms with Crippen LogP contribution >= 0.6 is 0 Å². The van der Waals surface area contributed by atoms with Gasteiger partial charge in [0.25, 0.3) is 5.91 Å². The largest absolute Gasteiger partial charge is 0.452 e. The lowest BCUT2D eigenvalue weighted by molar-refractivity contribution is -0.119. The van der Waals surface area contributed by atoms with Gasteiger partial charge in [-0.3, -0.25) is 9.59 Å². The Kier molecular flexibility index (Phi) is 6.06. The van der Waals surface area contributed by atoms with E-state index in [-0.39, 0.29) is 16.1 Å². The molecule has 166 valence electrons. The Hall–Kier alpha value is -3.50. The molecule has 2 aromatic carbocycles. The molecule has 1 aromatic heterocycles. The molecule has 2 heterocycles. The smallest absolute Gasteiger partial charge is 0.339 e. The number of aromatic nitrogens is 1. The lowest BCUT2D eigenvalue weighted by Gasteiger charge is -2.16. The average molecular weight is 455 g/mol. The quantitative estimate of drug-likeness (QED) is 0.549. The highest BCUT2D eigenvalue weighted by Crippen LogP contribution is 2.23. The van der Waals surface area contributed by atoms with E-state index in [0.29, 0.717) is 24.0 Å². The highest BCUT2D eigenvalue weighted by molar-refractivity contribution is 7.89. The van der Waals surface area contributed by atoms with Gasteiger partial charge in [-0.15, -0.1) is 0 Å². The number of H-pyrrole nitrogens is 1. The maximum absolute atomic E-state index is 12.7. The molecule has 0 unspecified atom stereocenters. The number of fused-ring (bicyclic) bond motifs is 1. The lowest BCUT2D eigenvalue weighted by Crippen LogP contribution is -2.28. The van der Waals surface area contributed by atoms with Crippen molar-refractivity contribution in [1.82, 2.24) is 9.29 Å². The van der Waals surface area contributed by atoms with Crippen LogP contribution in [0.25, 0.3) is 10.9 Å². The van der Waals surface area contributed by atoms with Gasteiger partial charge in [0.15, 0.2) is 6.61 Å². The molecule has 1 saturated heterocycles. The number of sulfonamides is 1.